The molecule has 0 fully saturated rings. The van der Waals surface area contributed by atoms with Gasteiger partial charge in [-0.2, -0.15) is 5.10 Å². The lowest BCUT2D eigenvalue weighted by Gasteiger charge is -1.99. The largest absolute Gasteiger partial charge is 0.248 e. The third kappa shape index (κ3) is 2.73. The van der Waals surface area contributed by atoms with E-state index in [4.69, 9.17) is 0 Å². The molecule has 0 radical (unpaired) electrons. The topological polar surface area (TPSA) is 30.7 Å². The molecule has 0 aliphatic carbocycles. The third-order valence-electron chi connectivity index (χ3n) is 2.66. The van der Waals surface area contributed by atoms with E-state index in [-0.39, 0.29) is 5.82 Å². The quantitative estimate of drug-likeness (QED) is 0.632. The van der Waals surface area contributed by atoms with Gasteiger partial charge in [0, 0.05) is 12.4 Å². The highest BCUT2D eigenvalue weighted by Gasteiger charge is 1.99. The molecule has 1 aromatic carbocycles. The summed E-state index contributed by atoms with van der Waals surface area (Å²) in [5, 5.41) is 4.32. The fraction of sp³-hybridized carbons (Fsp3) is 0. The maximum Gasteiger partial charge on any atom is 0.136 e. The fourth-order valence-corrected chi connectivity index (χ4v) is 1.69. The van der Waals surface area contributed by atoms with Crippen LogP contribution in [0.25, 0.3) is 5.69 Å². The van der Waals surface area contributed by atoms with Crippen molar-refractivity contribution in [3.63, 3.8) is 0 Å². The SMILES string of the molecule is Fc1ccc(-n2ccc(C#Cc3ccccn3)n2)cc1. The first-order chi connectivity index (χ1) is 9.81. The van der Waals surface area contributed by atoms with Gasteiger partial charge < -0.3 is 0 Å². The molecule has 0 atom stereocenters. The van der Waals surface area contributed by atoms with Crippen LogP contribution in [-0.2, 0) is 0 Å². The highest BCUT2D eigenvalue weighted by atomic mass is 19.1. The molecule has 2 aromatic heterocycles. The highest BCUT2D eigenvalue weighted by molar-refractivity contribution is 5.37. The summed E-state index contributed by atoms with van der Waals surface area (Å²) in [7, 11) is 0. The van der Waals surface area contributed by atoms with Crippen molar-refractivity contribution < 1.29 is 4.39 Å². The maximum absolute atomic E-state index is 12.9. The van der Waals surface area contributed by atoms with E-state index in [1.165, 1.54) is 12.1 Å². The zero-order valence-corrected chi connectivity index (χ0v) is 10.5. The Hall–Kier alpha value is -2.93. The summed E-state index contributed by atoms with van der Waals surface area (Å²) in [5.74, 6) is 5.61. The van der Waals surface area contributed by atoms with Crippen molar-refractivity contribution in [2.45, 2.75) is 0 Å². The number of aromatic nitrogens is 3. The molecular formula is C16H10FN3. The molecule has 0 unspecified atom stereocenters. The third-order valence-corrected chi connectivity index (χ3v) is 2.66. The molecule has 0 aliphatic heterocycles. The summed E-state index contributed by atoms with van der Waals surface area (Å²) in [5.41, 5.74) is 2.13. The van der Waals surface area contributed by atoms with E-state index < -0.39 is 0 Å². The van der Waals surface area contributed by atoms with E-state index in [0.717, 1.165) is 5.69 Å². The van der Waals surface area contributed by atoms with Gasteiger partial charge in [-0.3, -0.25) is 0 Å². The Bertz CT molecular complexity index is 765. The standard InChI is InChI=1S/C16H10FN3/c17-13-4-8-16(9-5-13)20-12-10-15(19-20)7-6-14-3-1-2-11-18-14/h1-5,8-12H. The van der Waals surface area contributed by atoms with Crippen molar-refractivity contribution in [3.8, 4) is 17.5 Å². The van der Waals surface area contributed by atoms with E-state index >= 15 is 0 Å². The summed E-state index contributed by atoms with van der Waals surface area (Å²) in [4.78, 5) is 4.12. The van der Waals surface area contributed by atoms with Crippen molar-refractivity contribution >= 4 is 0 Å². The molecular weight excluding hydrogens is 253 g/mol. The van der Waals surface area contributed by atoms with Crippen molar-refractivity contribution in [2.75, 3.05) is 0 Å². The molecule has 3 nitrogen and oxygen atoms in total. The van der Waals surface area contributed by atoms with Gasteiger partial charge in [0.25, 0.3) is 0 Å². The van der Waals surface area contributed by atoms with Gasteiger partial charge in [0.15, 0.2) is 0 Å². The molecule has 96 valence electrons. The minimum Gasteiger partial charge on any atom is -0.248 e. The molecule has 0 N–H and O–H groups in total. The molecule has 3 aromatic rings. The first kappa shape index (κ1) is 12.1. The van der Waals surface area contributed by atoms with Crippen LogP contribution in [0.3, 0.4) is 0 Å². The van der Waals surface area contributed by atoms with Gasteiger partial charge in [0.1, 0.15) is 17.2 Å². The lowest BCUT2D eigenvalue weighted by molar-refractivity contribution is 0.627. The van der Waals surface area contributed by atoms with Gasteiger partial charge in [-0.1, -0.05) is 6.07 Å². The van der Waals surface area contributed by atoms with Crippen LogP contribution in [0.1, 0.15) is 11.4 Å². The van der Waals surface area contributed by atoms with E-state index in [9.17, 15) is 4.39 Å². The van der Waals surface area contributed by atoms with Crippen molar-refractivity contribution in [1.29, 1.82) is 0 Å². The predicted octanol–water partition coefficient (Wildman–Crippen LogP) is 2.81. The molecule has 4 heteroatoms. The minimum absolute atomic E-state index is 0.268. The zero-order chi connectivity index (χ0) is 13.8. The Morgan fingerprint density at radius 2 is 1.70 bits per heavy atom. The van der Waals surface area contributed by atoms with Crippen LogP contribution in [0.5, 0.6) is 0 Å². The van der Waals surface area contributed by atoms with Crippen molar-refractivity contribution in [2.24, 2.45) is 0 Å². The Kier molecular flexibility index (Phi) is 3.25. The van der Waals surface area contributed by atoms with Crippen molar-refractivity contribution in [1.82, 2.24) is 14.8 Å². The summed E-state index contributed by atoms with van der Waals surface area (Å²) >= 11 is 0. The number of nitrogens with zero attached hydrogens (tertiary/aromatic N) is 3. The summed E-state index contributed by atoms with van der Waals surface area (Å²) in [6.45, 7) is 0. The van der Waals surface area contributed by atoms with Crippen LogP contribution in [0.2, 0.25) is 0 Å². The Morgan fingerprint density at radius 3 is 2.45 bits per heavy atom. The van der Waals surface area contributed by atoms with Crippen LogP contribution in [-0.4, -0.2) is 14.8 Å². The van der Waals surface area contributed by atoms with Gasteiger partial charge in [-0.25, -0.2) is 14.1 Å². The number of hydrogen-bond donors (Lipinski definition) is 0. The van der Waals surface area contributed by atoms with Gasteiger partial charge >= 0.3 is 0 Å². The number of rotatable bonds is 1. The van der Waals surface area contributed by atoms with E-state index in [2.05, 4.69) is 21.9 Å². The Balaban J connectivity index is 1.84. The maximum atomic E-state index is 12.9. The zero-order valence-electron chi connectivity index (χ0n) is 10.5. The van der Waals surface area contributed by atoms with Crippen molar-refractivity contribution in [3.05, 3.63) is 78.1 Å². The first-order valence-electron chi connectivity index (χ1n) is 6.06. The van der Waals surface area contributed by atoms with Crippen LogP contribution < -0.4 is 0 Å². The normalized spacial score (nSPS) is 9.85. The first-order valence-corrected chi connectivity index (χ1v) is 6.06. The Morgan fingerprint density at radius 1 is 0.900 bits per heavy atom. The second kappa shape index (κ2) is 5.37. The van der Waals surface area contributed by atoms with Gasteiger partial charge in [0.2, 0.25) is 0 Å². The second-order valence-corrected chi connectivity index (χ2v) is 4.09. The minimum atomic E-state index is -0.268. The van der Waals surface area contributed by atoms with Gasteiger partial charge in [-0.15, -0.1) is 0 Å². The predicted molar refractivity (Wildman–Crippen MR) is 73.7 cm³/mol. The van der Waals surface area contributed by atoms with Crippen LogP contribution in [0, 0.1) is 17.7 Å². The van der Waals surface area contributed by atoms with Crippen LogP contribution >= 0.6 is 0 Å². The molecule has 20 heavy (non-hydrogen) atoms. The molecule has 0 amide bonds. The highest BCUT2D eigenvalue weighted by Crippen LogP contribution is 2.08. The summed E-state index contributed by atoms with van der Waals surface area (Å²) in [6.07, 6.45) is 3.48. The van der Waals surface area contributed by atoms with Crippen LogP contribution in [0.4, 0.5) is 4.39 Å². The number of pyridine rings is 1. The number of halogens is 1. The van der Waals surface area contributed by atoms with E-state index in [1.54, 1.807) is 35.3 Å². The average Bonchev–Trinajstić information content (AvgIpc) is 2.96. The molecule has 0 aliphatic rings. The molecule has 0 saturated heterocycles. The lowest BCUT2D eigenvalue weighted by Crippen LogP contribution is -1.94. The molecule has 0 saturated carbocycles. The lowest BCUT2D eigenvalue weighted by atomic mass is 10.3. The smallest absolute Gasteiger partial charge is 0.136 e. The molecule has 0 bridgehead atoms. The molecule has 0 spiro atoms. The Labute approximate surface area is 115 Å². The molecule has 2 heterocycles. The monoisotopic (exact) mass is 263 g/mol. The summed E-state index contributed by atoms with van der Waals surface area (Å²) < 4.78 is 14.5. The van der Waals surface area contributed by atoms with Gasteiger partial charge in [-0.05, 0) is 54.3 Å². The summed E-state index contributed by atoms with van der Waals surface area (Å²) in [6, 6.07) is 13.5. The molecule has 3 rings (SSSR count). The fourth-order valence-electron chi connectivity index (χ4n) is 1.69. The average molecular weight is 263 g/mol. The van der Waals surface area contributed by atoms with Gasteiger partial charge in [0.05, 0.1) is 5.69 Å². The van der Waals surface area contributed by atoms with E-state index in [0.29, 0.717) is 11.4 Å². The number of benzene rings is 1. The van der Waals surface area contributed by atoms with E-state index in [1.807, 2.05) is 18.2 Å². The second-order valence-electron chi connectivity index (χ2n) is 4.09. The number of hydrogen-bond acceptors (Lipinski definition) is 2. The van der Waals surface area contributed by atoms with Crippen LogP contribution in [0.15, 0.2) is 60.9 Å².